The molecule has 1 aliphatic carbocycles. The number of nitrogens with zero attached hydrogens (tertiary/aromatic N) is 1. The Bertz CT molecular complexity index is 660. The lowest BCUT2D eigenvalue weighted by molar-refractivity contribution is -0.133. The molecule has 0 spiro atoms. The first-order valence-electron chi connectivity index (χ1n) is 11.9. The number of nitrogens with one attached hydrogen (secondary N) is 1. The van der Waals surface area contributed by atoms with E-state index in [-0.39, 0.29) is 12.1 Å². The maximum Gasteiger partial charge on any atom is 0.240 e. The summed E-state index contributed by atoms with van der Waals surface area (Å²) in [6.07, 6.45) is 9.69. The first-order chi connectivity index (χ1) is 14.1. The van der Waals surface area contributed by atoms with Gasteiger partial charge in [0.05, 0.1) is 6.04 Å². The molecule has 4 nitrogen and oxygen atoms in total. The normalized spacial score (nSPS) is 25.7. The van der Waals surface area contributed by atoms with Crippen LogP contribution in [0.25, 0.3) is 0 Å². The van der Waals surface area contributed by atoms with Gasteiger partial charge in [-0.15, -0.1) is 0 Å². The molecule has 4 heteroatoms. The van der Waals surface area contributed by atoms with Gasteiger partial charge in [0.2, 0.25) is 5.91 Å². The molecular formula is C25H38N2O2. The molecule has 1 aromatic rings. The van der Waals surface area contributed by atoms with Crippen LogP contribution < -0.4 is 5.32 Å². The highest BCUT2D eigenvalue weighted by atomic mass is 16.5. The average molecular weight is 399 g/mol. The molecule has 29 heavy (non-hydrogen) atoms. The number of carbonyl (C=O) groups excluding carboxylic acids is 1. The number of hydrogen-bond acceptors (Lipinski definition) is 3. The number of likely N-dealkylation sites (tertiary alicyclic amines) is 1. The van der Waals surface area contributed by atoms with Crippen molar-refractivity contribution in [1.82, 2.24) is 10.2 Å². The fourth-order valence-corrected chi connectivity index (χ4v) is 5.52. The van der Waals surface area contributed by atoms with Crippen LogP contribution in [0.4, 0.5) is 0 Å². The highest BCUT2D eigenvalue weighted by molar-refractivity contribution is 5.84. The zero-order valence-electron chi connectivity index (χ0n) is 18.2. The summed E-state index contributed by atoms with van der Waals surface area (Å²) in [7, 11) is 0. The smallest absolute Gasteiger partial charge is 0.240 e. The molecule has 0 aromatic heterocycles. The summed E-state index contributed by atoms with van der Waals surface area (Å²) < 4.78 is 5.47. The summed E-state index contributed by atoms with van der Waals surface area (Å²) in [5.74, 6) is 1.48. The summed E-state index contributed by atoms with van der Waals surface area (Å²) in [5.41, 5.74) is 2.82. The lowest BCUT2D eigenvalue weighted by Crippen LogP contribution is -2.46. The van der Waals surface area contributed by atoms with Crippen molar-refractivity contribution < 1.29 is 9.53 Å². The quantitative estimate of drug-likeness (QED) is 0.748. The Morgan fingerprint density at radius 2 is 1.66 bits per heavy atom. The zero-order chi connectivity index (χ0) is 20.2. The summed E-state index contributed by atoms with van der Waals surface area (Å²) in [6, 6.07) is 9.83. The average Bonchev–Trinajstić information content (AvgIpc) is 3.13. The Hall–Kier alpha value is -1.39. The maximum atomic E-state index is 13.1. The lowest BCUT2D eigenvalue weighted by Gasteiger charge is -2.32. The van der Waals surface area contributed by atoms with Crippen molar-refractivity contribution in [2.75, 3.05) is 19.8 Å². The Labute approximate surface area is 176 Å². The van der Waals surface area contributed by atoms with Crippen molar-refractivity contribution in [3.8, 4) is 0 Å². The van der Waals surface area contributed by atoms with Gasteiger partial charge in [-0.2, -0.15) is 0 Å². The number of amides is 1. The van der Waals surface area contributed by atoms with Crippen molar-refractivity contribution in [2.45, 2.75) is 89.3 Å². The first-order valence-corrected chi connectivity index (χ1v) is 11.9. The van der Waals surface area contributed by atoms with Crippen LogP contribution in [0, 0.1) is 5.92 Å². The molecule has 4 rings (SSSR count). The van der Waals surface area contributed by atoms with E-state index in [1.54, 1.807) is 0 Å². The molecule has 3 aliphatic rings. The van der Waals surface area contributed by atoms with Crippen molar-refractivity contribution in [3.63, 3.8) is 0 Å². The zero-order valence-corrected chi connectivity index (χ0v) is 18.2. The van der Waals surface area contributed by atoms with Gasteiger partial charge in [0.15, 0.2) is 0 Å². The largest absolute Gasteiger partial charge is 0.381 e. The van der Waals surface area contributed by atoms with Gasteiger partial charge in [-0.3, -0.25) is 10.1 Å². The van der Waals surface area contributed by atoms with Crippen LogP contribution in [0.3, 0.4) is 0 Å². The van der Waals surface area contributed by atoms with Gasteiger partial charge >= 0.3 is 0 Å². The Morgan fingerprint density at radius 1 is 0.966 bits per heavy atom. The van der Waals surface area contributed by atoms with E-state index in [0.717, 1.165) is 44.9 Å². The third-order valence-corrected chi connectivity index (χ3v) is 7.29. The molecular weight excluding hydrogens is 360 g/mol. The second kappa shape index (κ2) is 9.61. The molecule has 0 bridgehead atoms. The summed E-state index contributed by atoms with van der Waals surface area (Å²) in [6.45, 7) is 6.96. The highest BCUT2D eigenvalue weighted by Gasteiger charge is 2.37. The van der Waals surface area contributed by atoms with Crippen LogP contribution in [-0.4, -0.2) is 42.6 Å². The molecule has 2 aliphatic heterocycles. The summed E-state index contributed by atoms with van der Waals surface area (Å²) in [4.78, 5) is 15.2. The molecule has 2 atom stereocenters. The molecule has 160 valence electrons. The minimum atomic E-state index is -0.0525. The minimum Gasteiger partial charge on any atom is -0.381 e. The fourth-order valence-electron chi connectivity index (χ4n) is 5.52. The van der Waals surface area contributed by atoms with E-state index < -0.39 is 0 Å². The Balaban J connectivity index is 1.41. The number of benzene rings is 1. The van der Waals surface area contributed by atoms with Crippen LogP contribution >= 0.6 is 0 Å². The van der Waals surface area contributed by atoms with Gasteiger partial charge in [-0.25, -0.2) is 0 Å². The lowest BCUT2D eigenvalue weighted by atomic mass is 9.83. The molecule has 1 saturated carbocycles. The van der Waals surface area contributed by atoms with Crippen molar-refractivity contribution >= 4 is 5.91 Å². The number of hydrogen-bond donors (Lipinski definition) is 1. The van der Waals surface area contributed by atoms with Crippen molar-refractivity contribution in [2.24, 2.45) is 5.92 Å². The van der Waals surface area contributed by atoms with E-state index >= 15 is 0 Å². The van der Waals surface area contributed by atoms with Crippen LogP contribution in [0.15, 0.2) is 24.3 Å². The molecule has 0 unspecified atom stereocenters. The first kappa shape index (κ1) is 20.9. The number of ether oxygens (including phenoxy) is 1. The van der Waals surface area contributed by atoms with Crippen LogP contribution in [0.2, 0.25) is 0 Å². The number of carbonyl (C=O) groups is 1. The second-order valence-electron chi connectivity index (χ2n) is 9.61. The summed E-state index contributed by atoms with van der Waals surface area (Å²) >= 11 is 0. The third kappa shape index (κ3) is 4.86. The second-order valence-corrected chi connectivity index (χ2v) is 9.61. The van der Waals surface area contributed by atoms with Crippen LogP contribution in [0.5, 0.6) is 0 Å². The minimum absolute atomic E-state index is 0.0525. The third-order valence-electron chi connectivity index (χ3n) is 7.29. The van der Waals surface area contributed by atoms with Crippen LogP contribution in [-0.2, 0) is 9.53 Å². The topological polar surface area (TPSA) is 41.6 Å². The molecule has 1 amide bonds. The highest BCUT2D eigenvalue weighted by Crippen LogP contribution is 2.34. The molecule has 2 heterocycles. The van der Waals surface area contributed by atoms with Crippen LogP contribution in [0.1, 0.15) is 88.3 Å². The van der Waals surface area contributed by atoms with E-state index in [1.165, 1.54) is 43.2 Å². The molecule has 3 fully saturated rings. The van der Waals surface area contributed by atoms with Gasteiger partial charge in [-0.05, 0) is 55.1 Å². The SMILES string of the molecule is CC(C)[C@@H](N[C@H]1CCN(C2CCOCC2)C1=O)c1ccc(C2CCCCC2)cc1. The van der Waals surface area contributed by atoms with Gasteiger partial charge in [0, 0.05) is 31.8 Å². The monoisotopic (exact) mass is 398 g/mol. The fraction of sp³-hybridized carbons (Fsp3) is 0.720. The number of rotatable bonds is 6. The molecule has 0 radical (unpaired) electrons. The predicted molar refractivity (Wildman–Crippen MR) is 117 cm³/mol. The van der Waals surface area contributed by atoms with E-state index in [4.69, 9.17) is 4.74 Å². The van der Waals surface area contributed by atoms with Crippen molar-refractivity contribution in [1.29, 1.82) is 0 Å². The van der Waals surface area contributed by atoms with E-state index in [9.17, 15) is 4.79 Å². The molecule has 1 N–H and O–H groups in total. The maximum absolute atomic E-state index is 13.1. The van der Waals surface area contributed by atoms with Gasteiger partial charge in [0.1, 0.15) is 0 Å². The van der Waals surface area contributed by atoms with Gasteiger partial charge < -0.3 is 9.64 Å². The van der Waals surface area contributed by atoms with E-state index in [0.29, 0.717) is 17.9 Å². The van der Waals surface area contributed by atoms with E-state index in [1.807, 2.05) is 0 Å². The summed E-state index contributed by atoms with van der Waals surface area (Å²) in [5, 5.41) is 3.73. The Kier molecular flexibility index (Phi) is 6.92. The van der Waals surface area contributed by atoms with Gasteiger partial charge in [-0.1, -0.05) is 57.4 Å². The Morgan fingerprint density at radius 3 is 2.31 bits per heavy atom. The van der Waals surface area contributed by atoms with Crippen molar-refractivity contribution in [3.05, 3.63) is 35.4 Å². The van der Waals surface area contributed by atoms with E-state index in [2.05, 4.69) is 48.3 Å². The standard InChI is InChI=1S/C25H38N2O2/c1-18(2)24(21-10-8-20(9-11-21)19-6-4-3-5-7-19)26-23-12-15-27(25(23)28)22-13-16-29-17-14-22/h8-11,18-19,22-24,26H,3-7,12-17H2,1-2H3/t23-,24+/m0/s1. The molecule has 2 saturated heterocycles. The van der Waals surface area contributed by atoms with Gasteiger partial charge in [0.25, 0.3) is 0 Å². The predicted octanol–water partition coefficient (Wildman–Crippen LogP) is 4.80. The molecule has 1 aromatic carbocycles.